The molecule has 0 bridgehead atoms. The molecule has 6 nitrogen and oxygen atoms in total. The summed E-state index contributed by atoms with van der Waals surface area (Å²) in [6, 6.07) is 5.82. The van der Waals surface area contributed by atoms with Gasteiger partial charge >= 0.3 is 41.5 Å². The van der Waals surface area contributed by atoms with Gasteiger partial charge in [0.2, 0.25) is 0 Å². The van der Waals surface area contributed by atoms with Crippen LogP contribution < -0.4 is 0 Å². The molecule has 1 aromatic rings. The molecule has 7 heteroatoms. The fourth-order valence-corrected chi connectivity index (χ4v) is 1.29. The summed E-state index contributed by atoms with van der Waals surface area (Å²) in [5.74, 6) is -1.89. The number of hydrogen-bond donors (Lipinski definition) is 2. The van der Waals surface area contributed by atoms with Crippen molar-refractivity contribution in [2.24, 2.45) is 0 Å². The number of hydrogen-bond acceptors (Lipinski definition) is 5. The van der Waals surface area contributed by atoms with Crippen molar-refractivity contribution in [1.82, 2.24) is 0 Å². The number of aliphatic hydroxyl groups is 1. The quantitative estimate of drug-likeness (QED) is 0.411. The number of rotatable bonds is 7. The Morgan fingerprint density at radius 2 is 1.68 bits per heavy atom. The van der Waals surface area contributed by atoms with Gasteiger partial charge in [0.25, 0.3) is 0 Å². The number of carboxylic acid groups (broad SMARTS) is 1. The second kappa shape index (κ2) is 9.94. The van der Waals surface area contributed by atoms with Crippen LogP contribution >= 0.6 is 0 Å². The van der Waals surface area contributed by atoms with Crippen LogP contribution in [0.3, 0.4) is 0 Å². The van der Waals surface area contributed by atoms with Crippen molar-refractivity contribution in [1.29, 1.82) is 0 Å². The molecule has 0 aliphatic carbocycles. The Morgan fingerprint density at radius 1 is 1.05 bits per heavy atom. The monoisotopic (exact) mass is 278 g/mol. The van der Waals surface area contributed by atoms with Crippen LogP contribution in [-0.2, 0) is 9.47 Å². The molecule has 1 rings (SSSR count). The summed E-state index contributed by atoms with van der Waals surface area (Å²) in [4.78, 5) is 22.5. The van der Waals surface area contributed by atoms with Gasteiger partial charge in [-0.25, -0.2) is 9.59 Å². The van der Waals surface area contributed by atoms with E-state index in [0.717, 1.165) is 0 Å². The third-order valence-electron chi connectivity index (χ3n) is 2.07. The van der Waals surface area contributed by atoms with E-state index in [1.165, 1.54) is 18.2 Å². The van der Waals surface area contributed by atoms with Crippen LogP contribution in [0.5, 0.6) is 0 Å². The number of ether oxygens (including phenoxy) is 2. The fraction of sp³-hybridized carbons (Fsp3) is 0.333. The molecular weight excluding hydrogens is 263 g/mol. The molecule has 0 unspecified atom stereocenters. The number of esters is 1. The summed E-state index contributed by atoms with van der Waals surface area (Å²) in [6.07, 6.45) is 0. The predicted octanol–water partition coefficient (Wildman–Crippen LogP) is -0.0980. The molecule has 19 heavy (non-hydrogen) atoms. The van der Waals surface area contributed by atoms with Crippen LogP contribution in [0.15, 0.2) is 24.3 Å². The van der Waals surface area contributed by atoms with Crippen molar-refractivity contribution >= 4 is 41.5 Å². The first-order valence-corrected chi connectivity index (χ1v) is 5.35. The fourth-order valence-electron chi connectivity index (χ4n) is 1.29. The van der Waals surface area contributed by atoms with Crippen molar-refractivity contribution in [2.45, 2.75) is 0 Å². The molecule has 1 aromatic carbocycles. The van der Waals surface area contributed by atoms with Crippen LogP contribution in [0.1, 0.15) is 20.7 Å². The van der Waals surface area contributed by atoms with Gasteiger partial charge in [0.05, 0.1) is 30.9 Å². The van der Waals surface area contributed by atoms with Gasteiger partial charge in [0.1, 0.15) is 6.61 Å². The van der Waals surface area contributed by atoms with Crippen LogP contribution in [0.4, 0.5) is 0 Å². The maximum absolute atomic E-state index is 11.6. The van der Waals surface area contributed by atoms with Crippen molar-refractivity contribution in [3.8, 4) is 0 Å². The molecule has 0 saturated heterocycles. The summed E-state index contributed by atoms with van der Waals surface area (Å²) >= 11 is 0. The van der Waals surface area contributed by atoms with E-state index in [0.29, 0.717) is 0 Å². The van der Waals surface area contributed by atoms with Crippen LogP contribution in [-0.4, -0.2) is 78.1 Å². The first kappa shape index (κ1) is 18.1. The van der Waals surface area contributed by atoms with E-state index in [1.807, 2.05) is 0 Å². The molecular formula is C12H15NaO6. The summed E-state index contributed by atoms with van der Waals surface area (Å²) in [5, 5.41) is 17.3. The molecule has 2 N–H and O–H groups in total. The number of benzene rings is 1. The van der Waals surface area contributed by atoms with Gasteiger partial charge in [-0.1, -0.05) is 12.1 Å². The molecule has 0 heterocycles. The van der Waals surface area contributed by atoms with Gasteiger partial charge in [-0.3, -0.25) is 0 Å². The van der Waals surface area contributed by atoms with Crippen molar-refractivity contribution in [3.05, 3.63) is 35.4 Å². The van der Waals surface area contributed by atoms with Crippen molar-refractivity contribution < 1.29 is 29.3 Å². The van der Waals surface area contributed by atoms with Gasteiger partial charge in [0.15, 0.2) is 0 Å². The van der Waals surface area contributed by atoms with E-state index in [1.54, 1.807) is 6.07 Å². The average Bonchev–Trinajstić information content (AvgIpc) is 2.38. The van der Waals surface area contributed by atoms with E-state index in [4.69, 9.17) is 19.7 Å². The first-order valence-electron chi connectivity index (χ1n) is 5.35. The Bertz CT molecular complexity index is 420. The van der Waals surface area contributed by atoms with Gasteiger partial charge in [-0.05, 0) is 12.1 Å². The zero-order valence-electron chi connectivity index (χ0n) is 9.67. The van der Waals surface area contributed by atoms with Gasteiger partial charge < -0.3 is 19.7 Å². The minimum atomic E-state index is -1.18. The Kier molecular flexibility index (Phi) is 9.46. The van der Waals surface area contributed by atoms with Gasteiger partial charge in [-0.15, -0.1) is 0 Å². The summed E-state index contributed by atoms with van der Waals surface area (Å²) in [7, 11) is 0. The molecule has 100 valence electrons. The Labute approximate surface area is 132 Å². The Hall–Kier alpha value is -0.920. The van der Waals surface area contributed by atoms with Crippen LogP contribution in [0, 0.1) is 0 Å². The molecule has 0 spiro atoms. The normalized spacial score (nSPS) is 9.53. The number of aliphatic hydroxyl groups excluding tert-OH is 1. The molecule has 0 fully saturated rings. The molecule has 0 aromatic heterocycles. The van der Waals surface area contributed by atoms with E-state index in [2.05, 4.69) is 0 Å². The van der Waals surface area contributed by atoms with Gasteiger partial charge in [-0.2, -0.15) is 0 Å². The van der Waals surface area contributed by atoms with E-state index in [-0.39, 0.29) is 67.1 Å². The van der Waals surface area contributed by atoms with Crippen LogP contribution in [0.25, 0.3) is 0 Å². The maximum atomic E-state index is 11.6. The second-order valence-corrected chi connectivity index (χ2v) is 3.32. The zero-order chi connectivity index (χ0) is 13.4. The van der Waals surface area contributed by atoms with Crippen LogP contribution in [0.2, 0.25) is 0 Å². The molecule has 0 saturated carbocycles. The Balaban J connectivity index is 0.00000324. The van der Waals surface area contributed by atoms with E-state index < -0.39 is 11.9 Å². The number of carboxylic acids is 1. The standard InChI is InChI=1S/C12H14O6.Na.H/c13-5-6-17-7-8-18-12(16)10-4-2-1-3-9(10)11(14)15;;/h1-4,13H,5-8H2,(H,14,15);;. The van der Waals surface area contributed by atoms with Crippen molar-refractivity contribution in [2.75, 3.05) is 26.4 Å². The third kappa shape index (κ3) is 6.17. The third-order valence-corrected chi connectivity index (χ3v) is 2.07. The molecule has 0 atom stereocenters. The minimum absolute atomic E-state index is 0. The molecule has 0 aliphatic heterocycles. The predicted molar refractivity (Wildman–Crippen MR) is 68.7 cm³/mol. The Morgan fingerprint density at radius 3 is 2.26 bits per heavy atom. The zero-order valence-corrected chi connectivity index (χ0v) is 9.67. The SMILES string of the molecule is O=C(O)c1ccccc1C(=O)OCCOCCO.[NaH]. The molecule has 0 aliphatic rings. The van der Waals surface area contributed by atoms with Crippen molar-refractivity contribution in [3.63, 3.8) is 0 Å². The first-order chi connectivity index (χ1) is 8.66. The molecule has 0 radical (unpaired) electrons. The number of aromatic carboxylic acids is 1. The molecule has 0 amide bonds. The van der Waals surface area contributed by atoms with E-state index in [9.17, 15) is 9.59 Å². The van der Waals surface area contributed by atoms with E-state index >= 15 is 0 Å². The summed E-state index contributed by atoms with van der Waals surface area (Å²) < 4.78 is 9.76. The van der Waals surface area contributed by atoms with Gasteiger partial charge in [0, 0.05) is 0 Å². The number of carbonyl (C=O) groups excluding carboxylic acids is 1. The summed E-state index contributed by atoms with van der Waals surface area (Å²) in [5.41, 5.74) is -0.0917. The summed E-state index contributed by atoms with van der Waals surface area (Å²) in [6.45, 7) is 0.230. The number of carbonyl (C=O) groups is 2. The second-order valence-electron chi connectivity index (χ2n) is 3.32. The topological polar surface area (TPSA) is 93.1 Å². The average molecular weight is 278 g/mol.